The van der Waals surface area contributed by atoms with Crippen molar-refractivity contribution >= 4 is 27.8 Å². The molecule has 2 aromatic rings. The van der Waals surface area contributed by atoms with Crippen LogP contribution in [-0.4, -0.2) is 18.5 Å². The van der Waals surface area contributed by atoms with E-state index in [0.717, 1.165) is 18.4 Å². The number of halogens is 1. The lowest BCUT2D eigenvalue weighted by Gasteiger charge is -2.18. The maximum atomic E-state index is 12.1. The van der Waals surface area contributed by atoms with Crippen LogP contribution in [0.3, 0.4) is 0 Å². The van der Waals surface area contributed by atoms with Gasteiger partial charge >= 0.3 is 5.97 Å². The molecule has 24 heavy (non-hydrogen) atoms. The zero-order chi connectivity index (χ0) is 17.4. The van der Waals surface area contributed by atoms with Gasteiger partial charge in [-0.25, -0.2) is 4.79 Å². The second-order valence-corrected chi connectivity index (χ2v) is 6.23. The Morgan fingerprint density at radius 2 is 1.75 bits per heavy atom. The molecule has 1 atom stereocenters. The first kappa shape index (κ1) is 18.2. The summed E-state index contributed by atoms with van der Waals surface area (Å²) < 4.78 is 5.75. The van der Waals surface area contributed by atoms with E-state index in [0.29, 0.717) is 10.0 Å². The van der Waals surface area contributed by atoms with Crippen LogP contribution in [0.4, 0.5) is 0 Å². The number of hydrogen-bond donors (Lipinski definition) is 1. The molecule has 0 bridgehead atoms. The lowest BCUT2D eigenvalue weighted by Crippen LogP contribution is -2.32. The van der Waals surface area contributed by atoms with Gasteiger partial charge in [-0.15, -0.1) is 0 Å². The van der Waals surface area contributed by atoms with Crippen molar-refractivity contribution in [3.05, 3.63) is 70.2 Å². The Bertz CT molecular complexity index is 688. The van der Waals surface area contributed by atoms with Crippen LogP contribution >= 0.6 is 15.9 Å². The van der Waals surface area contributed by atoms with Gasteiger partial charge in [0.25, 0.3) is 5.91 Å². The minimum Gasteiger partial charge on any atom is -0.452 e. The van der Waals surface area contributed by atoms with Crippen LogP contribution in [0.2, 0.25) is 0 Å². The Labute approximate surface area is 150 Å². The molecule has 0 aromatic heterocycles. The number of nitrogens with one attached hydrogen (secondary N) is 1. The number of carbonyl (C=O) groups is 2. The molecule has 0 saturated heterocycles. The predicted molar refractivity (Wildman–Crippen MR) is 96.7 cm³/mol. The van der Waals surface area contributed by atoms with Crippen LogP contribution in [-0.2, 0) is 9.53 Å². The molecule has 1 N–H and O–H groups in total. The molecule has 0 aliphatic carbocycles. The number of benzene rings is 2. The SMILES string of the molecule is CCC[C@@H](NC(=O)COC(=O)c1ccccc1Br)c1ccccc1. The molecule has 0 radical (unpaired) electrons. The molecule has 2 rings (SSSR count). The van der Waals surface area contributed by atoms with E-state index in [4.69, 9.17) is 4.74 Å². The first-order chi connectivity index (χ1) is 11.6. The van der Waals surface area contributed by atoms with E-state index >= 15 is 0 Å². The molecular weight excluding hydrogens is 370 g/mol. The summed E-state index contributed by atoms with van der Waals surface area (Å²) in [5.41, 5.74) is 1.45. The van der Waals surface area contributed by atoms with Crippen LogP contribution in [0.15, 0.2) is 59.1 Å². The Hall–Kier alpha value is -2.14. The van der Waals surface area contributed by atoms with Crippen LogP contribution in [0.1, 0.15) is 41.7 Å². The Balaban J connectivity index is 1.92. The van der Waals surface area contributed by atoms with Crippen molar-refractivity contribution in [3.8, 4) is 0 Å². The summed E-state index contributed by atoms with van der Waals surface area (Å²) in [7, 11) is 0. The lowest BCUT2D eigenvalue weighted by atomic mass is 10.0. The zero-order valence-corrected chi connectivity index (χ0v) is 15.1. The van der Waals surface area contributed by atoms with E-state index in [9.17, 15) is 9.59 Å². The normalized spacial score (nSPS) is 11.6. The second kappa shape index (κ2) is 9.23. The van der Waals surface area contributed by atoms with E-state index in [-0.39, 0.29) is 18.6 Å². The minimum absolute atomic E-state index is 0.0779. The monoisotopic (exact) mass is 389 g/mol. The molecule has 0 saturated carbocycles. The second-order valence-electron chi connectivity index (χ2n) is 5.38. The predicted octanol–water partition coefficient (Wildman–Crippen LogP) is 4.26. The van der Waals surface area contributed by atoms with Crippen molar-refractivity contribution in [2.75, 3.05) is 6.61 Å². The lowest BCUT2D eigenvalue weighted by molar-refractivity contribution is -0.125. The molecule has 1 amide bonds. The fourth-order valence-electron chi connectivity index (χ4n) is 2.37. The van der Waals surface area contributed by atoms with Gasteiger partial charge in [-0.05, 0) is 40.0 Å². The highest BCUT2D eigenvalue weighted by molar-refractivity contribution is 9.10. The first-order valence-corrected chi connectivity index (χ1v) is 8.67. The van der Waals surface area contributed by atoms with E-state index in [2.05, 4.69) is 28.2 Å². The standard InChI is InChI=1S/C19H20BrNO3/c1-2-8-17(14-9-4-3-5-10-14)21-18(22)13-24-19(23)15-11-6-7-12-16(15)20/h3-7,9-12,17H,2,8,13H2,1H3,(H,21,22)/t17-/m1/s1. The fraction of sp³-hybridized carbons (Fsp3) is 0.263. The van der Waals surface area contributed by atoms with Gasteiger partial charge in [-0.2, -0.15) is 0 Å². The Kier molecular flexibility index (Phi) is 7.00. The molecule has 0 aliphatic rings. The van der Waals surface area contributed by atoms with Crippen LogP contribution < -0.4 is 5.32 Å². The van der Waals surface area contributed by atoms with E-state index in [1.807, 2.05) is 36.4 Å². The highest BCUT2D eigenvalue weighted by atomic mass is 79.9. The molecule has 0 spiro atoms. The first-order valence-electron chi connectivity index (χ1n) is 7.87. The third-order valence-electron chi connectivity index (χ3n) is 3.54. The number of esters is 1. The summed E-state index contributed by atoms with van der Waals surface area (Å²) in [5.74, 6) is -0.831. The van der Waals surface area contributed by atoms with E-state index in [1.165, 1.54) is 0 Å². The van der Waals surface area contributed by atoms with Crippen LogP contribution in [0.5, 0.6) is 0 Å². The van der Waals surface area contributed by atoms with Gasteiger partial charge < -0.3 is 10.1 Å². The highest BCUT2D eigenvalue weighted by Gasteiger charge is 2.16. The molecule has 2 aromatic carbocycles. The number of ether oxygens (including phenoxy) is 1. The number of amides is 1. The van der Waals surface area contributed by atoms with Crippen molar-refractivity contribution in [1.29, 1.82) is 0 Å². The van der Waals surface area contributed by atoms with Gasteiger partial charge in [-0.1, -0.05) is 55.8 Å². The maximum absolute atomic E-state index is 12.1. The number of carbonyl (C=O) groups excluding carboxylic acids is 2. The average molecular weight is 390 g/mol. The molecule has 4 nitrogen and oxygen atoms in total. The average Bonchev–Trinajstić information content (AvgIpc) is 2.60. The van der Waals surface area contributed by atoms with Crippen molar-refractivity contribution in [3.63, 3.8) is 0 Å². The number of rotatable bonds is 7. The fourth-order valence-corrected chi connectivity index (χ4v) is 2.81. The van der Waals surface area contributed by atoms with Gasteiger partial charge in [0.05, 0.1) is 11.6 Å². The quantitative estimate of drug-likeness (QED) is 0.719. The molecule has 0 aliphatic heterocycles. The van der Waals surface area contributed by atoms with Crippen LogP contribution in [0.25, 0.3) is 0 Å². The summed E-state index contributed by atoms with van der Waals surface area (Å²) >= 11 is 3.29. The summed E-state index contributed by atoms with van der Waals surface area (Å²) in [6.45, 7) is 1.77. The topological polar surface area (TPSA) is 55.4 Å². The van der Waals surface area contributed by atoms with Crippen molar-refractivity contribution in [2.24, 2.45) is 0 Å². The van der Waals surface area contributed by atoms with Crippen molar-refractivity contribution in [1.82, 2.24) is 5.32 Å². The summed E-state index contributed by atoms with van der Waals surface area (Å²) in [5, 5.41) is 2.93. The molecule has 5 heteroatoms. The number of hydrogen-bond acceptors (Lipinski definition) is 3. The van der Waals surface area contributed by atoms with Gasteiger partial charge in [0.2, 0.25) is 0 Å². The highest BCUT2D eigenvalue weighted by Crippen LogP contribution is 2.18. The summed E-state index contributed by atoms with van der Waals surface area (Å²) in [4.78, 5) is 24.1. The van der Waals surface area contributed by atoms with Crippen LogP contribution in [0, 0.1) is 0 Å². The summed E-state index contributed by atoms with van der Waals surface area (Å²) in [6.07, 6.45) is 1.77. The van der Waals surface area contributed by atoms with E-state index in [1.54, 1.807) is 18.2 Å². The zero-order valence-electron chi connectivity index (χ0n) is 13.5. The van der Waals surface area contributed by atoms with E-state index < -0.39 is 5.97 Å². The minimum atomic E-state index is -0.524. The molecular formula is C19H20BrNO3. The van der Waals surface area contributed by atoms with Gasteiger partial charge in [-0.3, -0.25) is 4.79 Å². The van der Waals surface area contributed by atoms with Gasteiger partial charge in [0, 0.05) is 4.47 Å². The smallest absolute Gasteiger partial charge is 0.339 e. The van der Waals surface area contributed by atoms with Crippen molar-refractivity contribution < 1.29 is 14.3 Å². The third kappa shape index (κ3) is 5.20. The molecule has 0 unspecified atom stereocenters. The molecule has 126 valence electrons. The largest absolute Gasteiger partial charge is 0.452 e. The third-order valence-corrected chi connectivity index (χ3v) is 4.23. The van der Waals surface area contributed by atoms with Gasteiger partial charge in [0.15, 0.2) is 6.61 Å². The van der Waals surface area contributed by atoms with Crippen molar-refractivity contribution in [2.45, 2.75) is 25.8 Å². The summed E-state index contributed by atoms with van der Waals surface area (Å²) in [6, 6.07) is 16.7. The maximum Gasteiger partial charge on any atom is 0.339 e. The van der Waals surface area contributed by atoms with Gasteiger partial charge in [0.1, 0.15) is 0 Å². The molecule has 0 heterocycles. The molecule has 0 fully saturated rings. The Morgan fingerprint density at radius 1 is 1.08 bits per heavy atom. The Morgan fingerprint density at radius 3 is 2.42 bits per heavy atom.